The Kier molecular flexibility index (Phi) is 5.80. The summed E-state index contributed by atoms with van der Waals surface area (Å²) in [4.78, 5) is 34.3. The number of aryl methyl sites for hydroxylation is 1. The summed E-state index contributed by atoms with van der Waals surface area (Å²) < 4.78 is 0. The molecule has 0 unspecified atom stereocenters. The van der Waals surface area contributed by atoms with E-state index in [0.717, 1.165) is 17.7 Å². The Morgan fingerprint density at radius 2 is 1.81 bits per heavy atom. The first-order valence-electron chi connectivity index (χ1n) is 8.07. The van der Waals surface area contributed by atoms with E-state index in [-0.39, 0.29) is 17.2 Å². The topological polar surface area (TPSA) is 87.7 Å². The molecule has 3 aromatic rings. The monoisotopic (exact) mass is 366 g/mol. The summed E-state index contributed by atoms with van der Waals surface area (Å²) in [7, 11) is 0. The van der Waals surface area contributed by atoms with Crippen molar-refractivity contribution in [1.82, 2.24) is 15.0 Å². The molecule has 2 aromatic heterocycles. The largest absolute Gasteiger partial charge is 0.325 e. The van der Waals surface area contributed by atoms with Gasteiger partial charge >= 0.3 is 0 Å². The number of rotatable bonds is 6. The van der Waals surface area contributed by atoms with Crippen molar-refractivity contribution in [2.24, 2.45) is 0 Å². The van der Waals surface area contributed by atoms with Gasteiger partial charge in [0, 0.05) is 29.8 Å². The molecule has 0 atom stereocenters. The quantitative estimate of drug-likeness (QED) is 0.517. The Morgan fingerprint density at radius 1 is 1.12 bits per heavy atom. The van der Waals surface area contributed by atoms with Gasteiger partial charge in [-0.1, -0.05) is 23.9 Å². The molecule has 132 valence electrons. The predicted octanol–water partition coefficient (Wildman–Crippen LogP) is 2.79. The van der Waals surface area contributed by atoms with Gasteiger partial charge in [0.15, 0.2) is 5.16 Å². The third kappa shape index (κ3) is 5.29. The molecule has 6 nitrogen and oxygen atoms in total. The molecule has 7 heteroatoms. The smallest absolute Gasteiger partial charge is 0.251 e. The van der Waals surface area contributed by atoms with Crippen LogP contribution in [-0.4, -0.2) is 26.6 Å². The first-order chi connectivity index (χ1) is 12.6. The number of benzene rings is 1. The second kappa shape index (κ2) is 8.44. The lowest BCUT2D eigenvalue weighted by Gasteiger charge is -2.07. The molecule has 0 fully saturated rings. The maximum absolute atomic E-state index is 12.1. The maximum Gasteiger partial charge on any atom is 0.251 e. The number of hydrogen-bond acceptors (Lipinski definition) is 5. The molecule has 2 heterocycles. The van der Waals surface area contributed by atoms with Gasteiger partial charge in [-0.2, -0.15) is 0 Å². The number of carbonyl (C=O) groups is 1. The van der Waals surface area contributed by atoms with Crippen molar-refractivity contribution >= 4 is 23.4 Å². The molecule has 1 aromatic carbocycles. The minimum Gasteiger partial charge on any atom is -0.325 e. The lowest BCUT2D eigenvalue weighted by molar-refractivity contribution is -0.113. The van der Waals surface area contributed by atoms with E-state index in [2.05, 4.69) is 20.3 Å². The minimum absolute atomic E-state index is 0.152. The van der Waals surface area contributed by atoms with Crippen LogP contribution >= 0.6 is 11.8 Å². The number of carbonyl (C=O) groups excluding carboxylic acids is 1. The number of H-pyrrole nitrogens is 1. The van der Waals surface area contributed by atoms with Crippen molar-refractivity contribution < 1.29 is 4.79 Å². The van der Waals surface area contributed by atoms with Gasteiger partial charge in [0.2, 0.25) is 5.91 Å². The molecule has 0 aliphatic heterocycles. The molecule has 1 amide bonds. The number of aromatic nitrogens is 3. The molecular weight excluding hydrogens is 348 g/mol. The first kappa shape index (κ1) is 17.9. The fourth-order valence-corrected chi connectivity index (χ4v) is 3.11. The van der Waals surface area contributed by atoms with E-state index in [1.165, 1.54) is 23.4 Å². The maximum atomic E-state index is 12.1. The Hall–Kier alpha value is -2.93. The van der Waals surface area contributed by atoms with E-state index in [4.69, 9.17) is 0 Å². The normalized spacial score (nSPS) is 10.5. The van der Waals surface area contributed by atoms with Crippen molar-refractivity contribution in [3.63, 3.8) is 0 Å². The summed E-state index contributed by atoms with van der Waals surface area (Å²) in [6.45, 7) is 1.74. The van der Waals surface area contributed by atoms with Crippen molar-refractivity contribution in [2.45, 2.75) is 18.5 Å². The number of hydrogen-bond donors (Lipinski definition) is 2. The molecule has 26 heavy (non-hydrogen) atoms. The van der Waals surface area contributed by atoms with Gasteiger partial charge in [-0.25, -0.2) is 4.98 Å². The van der Waals surface area contributed by atoms with Crippen LogP contribution in [0.3, 0.4) is 0 Å². The molecule has 0 spiro atoms. The zero-order valence-corrected chi connectivity index (χ0v) is 15.0. The van der Waals surface area contributed by atoms with E-state index in [1.807, 2.05) is 36.4 Å². The highest BCUT2D eigenvalue weighted by molar-refractivity contribution is 7.99. The van der Waals surface area contributed by atoms with Crippen LogP contribution in [0.2, 0.25) is 0 Å². The first-order valence-corrected chi connectivity index (χ1v) is 9.05. The Balaban J connectivity index is 1.53. The molecule has 0 saturated carbocycles. The number of nitrogens with zero attached hydrogens (tertiary/aromatic N) is 2. The number of nitrogens with one attached hydrogen (secondary N) is 2. The fraction of sp³-hybridized carbons (Fsp3) is 0.158. The van der Waals surface area contributed by atoms with Gasteiger partial charge in [-0.05, 0) is 48.7 Å². The van der Waals surface area contributed by atoms with E-state index < -0.39 is 0 Å². The van der Waals surface area contributed by atoms with Crippen LogP contribution < -0.4 is 10.9 Å². The second-order valence-electron chi connectivity index (χ2n) is 5.76. The summed E-state index contributed by atoms with van der Waals surface area (Å²) in [5.74, 6) is 0.0200. The molecule has 0 saturated heterocycles. The van der Waals surface area contributed by atoms with Gasteiger partial charge < -0.3 is 10.3 Å². The third-order valence-corrected chi connectivity index (χ3v) is 4.46. The van der Waals surface area contributed by atoms with Crippen molar-refractivity contribution in [3.05, 3.63) is 82.0 Å². The molecule has 0 bridgehead atoms. The van der Waals surface area contributed by atoms with Crippen LogP contribution in [0.15, 0.2) is 64.8 Å². The fourth-order valence-electron chi connectivity index (χ4n) is 2.39. The molecule has 2 N–H and O–H groups in total. The van der Waals surface area contributed by atoms with Crippen LogP contribution in [-0.2, 0) is 11.2 Å². The van der Waals surface area contributed by atoms with Gasteiger partial charge in [0.25, 0.3) is 5.56 Å². The Morgan fingerprint density at radius 3 is 2.50 bits per heavy atom. The van der Waals surface area contributed by atoms with Gasteiger partial charge in [-0.3, -0.25) is 14.6 Å². The van der Waals surface area contributed by atoms with Gasteiger partial charge in [0.05, 0.1) is 5.75 Å². The summed E-state index contributed by atoms with van der Waals surface area (Å²) in [5.41, 5.74) is 3.49. The Labute approximate surface area is 155 Å². The minimum atomic E-state index is -0.217. The van der Waals surface area contributed by atoms with Crippen LogP contribution in [0.25, 0.3) is 0 Å². The predicted molar refractivity (Wildman–Crippen MR) is 102 cm³/mol. The highest BCUT2D eigenvalue weighted by Gasteiger charge is 2.06. The average molecular weight is 366 g/mol. The van der Waals surface area contributed by atoms with E-state index in [1.54, 1.807) is 19.3 Å². The molecule has 0 aliphatic carbocycles. The van der Waals surface area contributed by atoms with Crippen LogP contribution in [0, 0.1) is 6.92 Å². The average Bonchev–Trinajstić information content (AvgIpc) is 2.62. The van der Waals surface area contributed by atoms with E-state index in [9.17, 15) is 9.59 Å². The highest BCUT2D eigenvalue weighted by Crippen LogP contribution is 2.15. The van der Waals surface area contributed by atoms with Gasteiger partial charge in [0.1, 0.15) is 0 Å². The van der Waals surface area contributed by atoms with Crippen molar-refractivity contribution in [2.75, 3.05) is 11.1 Å². The summed E-state index contributed by atoms with van der Waals surface area (Å²) in [6.07, 6.45) is 4.37. The number of amides is 1. The lowest BCUT2D eigenvalue weighted by atomic mass is 10.1. The van der Waals surface area contributed by atoms with Gasteiger partial charge in [-0.15, -0.1) is 0 Å². The zero-order valence-electron chi connectivity index (χ0n) is 14.2. The van der Waals surface area contributed by atoms with E-state index in [0.29, 0.717) is 10.9 Å². The standard InChI is InChI=1S/C19H18N4O2S/c1-13-10-17(24)23-19(21-13)26-12-18(25)22-16-4-2-14(3-5-16)11-15-6-8-20-9-7-15/h2-10H,11-12H2,1H3,(H,22,25)(H,21,23,24). The number of anilines is 1. The Bertz CT molecular complexity index is 940. The highest BCUT2D eigenvalue weighted by atomic mass is 32.2. The van der Waals surface area contributed by atoms with Crippen LogP contribution in [0.5, 0.6) is 0 Å². The molecule has 0 aliphatic rings. The van der Waals surface area contributed by atoms with Crippen molar-refractivity contribution in [3.8, 4) is 0 Å². The lowest BCUT2D eigenvalue weighted by Crippen LogP contribution is -2.15. The molecule has 3 rings (SSSR count). The zero-order chi connectivity index (χ0) is 18.4. The molecule has 0 radical (unpaired) electrons. The van der Waals surface area contributed by atoms with Crippen molar-refractivity contribution in [1.29, 1.82) is 0 Å². The summed E-state index contributed by atoms with van der Waals surface area (Å²) in [6, 6.07) is 13.1. The summed E-state index contributed by atoms with van der Waals surface area (Å²) in [5, 5.41) is 3.29. The number of aromatic amines is 1. The van der Waals surface area contributed by atoms with Crippen LogP contribution in [0.1, 0.15) is 16.8 Å². The van der Waals surface area contributed by atoms with Crippen LogP contribution in [0.4, 0.5) is 5.69 Å². The SMILES string of the molecule is Cc1cc(=O)[nH]c(SCC(=O)Nc2ccc(Cc3ccncc3)cc2)n1. The number of pyridine rings is 1. The molecular formula is C19H18N4O2S. The van der Waals surface area contributed by atoms with E-state index >= 15 is 0 Å². The second-order valence-corrected chi connectivity index (χ2v) is 6.72. The third-order valence-electron chi connectivity index (χ3n) is 3.58. The summed E-state index contributed by atoms with van der Waals surface area (Å²) >= 11 is 1.20. The number of thioether (sulfide) groups is 1.